The smallest absolute Gasteiger partial charge is 0.0561 e. The maximum absolute atomic E-state index is 2.46. The van der Waals surface area contributed by atoms with Gasteiger partial charge in [0.1, 0.15) is 0 Å². The van der Waals surface area contributed by atoms with Crippen LogP contribution in [0.2, 0.25) is 0 Å². The van der Waals surface area contributed by atoms with Crippen LogP contribution in [-0.4, -0.2) is 13.7 Å². The summed E-state index contributed by atoms with van der Waals surface area (Å²) in [5.74, 6) is 0. The third-order valence-electron chi connectivity index (χ3n) is 11.8. The fourth-order valence-corrected chi connectivity index (χ4v) is 9.29. The highest BCUT2D eigenvalue weighted by atomic mass is 15.0. The number of hydrogen-bond acceptors (Lipinski definition) is 0. The molecule has 266 valence electrons. The number of para-hydroxylation sites is 4. The largest absolute Gasteiger partial charge is 0.309 e. The van der Waals surface area contributed by atoms with Crippen molar-refractivity contribution in [2.24, 2.45) is 0 Å². The predicted molar refractivity (Wildman–Crippen MR) is 240 cm³/mol. The van der Waals surface area contributed by atoms with Crippen LogP contribution in [0.3, 0.4) is 0 Å². The molecule has 3 heteroatoms. The van der Waals surface area contributed by atoms with Crippen LogP contribution in [0.15, 0.2) is 212 Å². The third kappa shape index (κ3) is 4.86. The van der Waals surface area contributed by atoms with Gasteiger partial charge in [0.25, 0.3) is 0 Å². The summed E-state index contributed by atoms with van der Waals surface area (Å²) in [6.45, 7) is 0. The molecule has 0 aliphatic rings. The van der Waals surface area contributed by atoms with Crippen molar-refractivity contribution in [1.29, 1.82) is 0 Å². The zero-order valence-corrected chi connectivity index (χ0v) is 31.0. The van der Waals surface area contributed by atoms with Crippen molar-refractivity contribution in [1.82, 2.24) is 13.7 Å². The van der Waals surface area contributed by atoms with Crippen LogP contribution >= 0.6 is 0 Å². The normalized spacial score (nSPS) is 11.9. The molecular weight excluding hydrogens is 691 g/mol. The minimum atomic E-state index is 1.14. The molecule has 0 saturated carbocycles. The topological polar surface area (TPSA) is 14.8 Å². The second kappa shape index (κ2) is 12.5. The second-order valence-corrected chi connectivity index (χ2v) is 15.0. The summed E-state index contributed by atoms with van der Waals surface area (Å²) in [5.41, 5.74) is 15.4. The molecule has 3 heterocycles. The molecule has 0 fully saturated rings. The Hall–Kier alpha value is -7.62. The quantitative estimate of drug-likeness (QED) is 0.168. The standard InChI is InChI=1S/C54H35N3/c1-3-15-36(16-4-1)38-31-39(37-17-5-2-6-18-37)33-42(32-38)57-52-26-14-10-22-46(52)48-34-40(28-30-53(48)57)56-51-25-13-9-21-45(51)47-29-27-41(35-54(47)56)55-49-23-11-7-19-43(49)44-20-8-12-24-50(44)55/h1-35H. The molecule has 3 nitrogen and oxygen atoms in total. The van der Waals surface area contributed by atoms with Gasteiger partial charge in [-0.1, -0.05) is 140 Å². The van der Waals surface area contributed by atoms with Gasteiger partial charge in [-0.15, -0.1) is 0 Å². The van der Waals surface area contributed by atoms with Gasteiger partial charge >= 0.3 is 0 Å². The van der Waals surface area contributed by atoms with Crippen molar-refractivity contribution in [2.75, 3.05) is 0 Å². The molecule has 0 N–H and O–H groups in total. The van der Waals surface area contributed by atoms with Gasteiger partial charge in [0.2, 0.25) is 0 Å². The zero-order chi connectivity index (χ0) is 37.5. The van der Waals surface area contributed by atoms with E-state index in [1.807, 2.05) is 0 Å². The van der Waals surface area contributed by atoms with Crippen LogP contribution in [0.25, 0.3) is 105 Å². The Kier molecular flexibility index (Phi) is 6.93. The van der Waals surface area contributed by atoms with Gasteiger partial charge in [0, 0.05) is 49.4 Å². The maximum atomic E-state index is 2.46. The molecule has 0 radical (unpaired) electrons. The zero-order valence-electron chi connectivity index (χ0n) is 31.0. The molecule has 12 rings (SSSR count). The summed E-state index contributed by atoms with van der Waals surface area (Å²) in [7, 11) is 0. The average molecular weight is 726 g/mol. The van der Waals surface area contributed by atoms with Crippen molar-refractivity contribution in [2.45, 2.75) is 0 Å². The fourth-order valence-electron chi connectivity index (χ4n) is 9.29. The first-order valence-electron chi connectivity index (χ1n) is 19.6. The van der Waals surface area contributed by atoms with Gasteiger partial charge in [-0.2, -0.15) is 0 Å². The van der Waals surface area contributed by atoms with Crippen molar-refractivity contribution in [3.05, 3.63) is 212 Å². The first-order valence-corrected chi connectivity index (χ1v) is 19.6. The van der Waals surface area contributed by atoms with E-state index in [1.165, 1.54) is 87.7 Å². The van der Waals surface area contributed by atoms with Gasteiger partial charge in [0.05, 0.1) is 33.1 Å². The number of nitrogens with zero attached hydrogens (tertiary/aromatic N) is 3. The Morgan fingerprint density at radius 2 is 0.561 bits per heavy atom. The van der Waals surface area contributed by atoms with E-state index in [0.29, 0.717) is 0 Å². The van der Waals surface area contributed by atoms with Crippen LogP contribution in [0.5, 0.6) is 0 Å². The molecule has 12 aromatic rings. The van der Waals surface area contributed by atoms with Gasteiger partial charge in [-0.3, -0.25) is 0 Å². The van der Waals surface area contributed by atoms with Gasteiger partial charge < -0.3 is 13.7 Å². The lowest BCUT2D eigenvalue weighted by Crippen LogP contribution is -1.98. The molecule has 9 aromatic carbocycles. The van der Waals surface area contributed by atoms with Crippen molar-refractivity contribution in [3.63, 3.8) is 0 Å². The highest BCUT2D eigenvalue weighted by Crippen LogP contribution is 2.40. The molecule has 0 bridgehead atoms. The van der Waals surface area contributed by atoms with Crippen LogP contribution in [0.4, 0.5) is 0 Å². The fraction of sp³-hybridized carbons (Fsp3) is 0. The first kappa shape index (κ1) is 31.7. The third-order valence-corrected chi connectivity index (χ3v) is 11.8. The molecule has 0 aliphatic heterocycles. The minimum Gasteiger partial charge on any atom is -0.309 e. The van der Waals surface area contributed by atoms with Crippen LogP contribution in [0.1, 0.15) is 0 Å². The molecule has 3 aromatic heterocycles. The Morgan fingerprint density at radius 1 is 0.193 bits per heavy atom. The summed E-state index contributed by atoms with van der Waals surface area (Å²) in [6, 6.07) is 77.5. The molecular formula is C54H35N3. The van der Waals surface area contributed by atoms with E-state index in [-0.39, 0.29) is 0 Å². The van der Waals surface area contributed by atoms with E-state index in [2.05, 4.69) is 226 Å². The highest BCUT2D eigenvalue weighted by molar-refractivity contribution is 6.13. The van der Waals surface area contributed by atoms with E-state index in [0.717, 1.165) is 17.1 Å². The molecule has 0 unspecified atom stereocenters. The van der Waals surface area contributed by atoms with Crippen LogP contribution in [0, 0.1) is 0 Å². The Labute approximate surface area is 329 Å². The Bertz CT molecular complexity index is 3400. The number of hydrogen-bond donors (Lipinski definition) is 0. The molecule has 0 spiro atoms. The highest BCUT2D eigenvalue weighted by Gasteiger charge is 2.19. The summed E-state index contributed by atoms with van der Waals surface area (Å²) in [6.07, 6.45) is 0. The predicted octanol–water partition coefficient (Wildman–Crippen LogP) is 14.3. The van der Waals surface area contributed by atoms with E-state index < -0.39 is 0 Å². The summed E-state index contributed by atoms with van der Waals surface area (Å²) >= 11 is 0. The summed E-state index contributed by atoms with van der Waals surface area (Å²) < 4.78 is 7.31. The van der Waals surface area contributed by atoms with Crippen LogP contribution < -0.4 is 0 Å². The Morgan fingerprint density at radius 3 is 1.09 bits per heavy atom. The second-order valence-electron chi connectivity index (χ2n) is 15.0. The average Bonchev–Trinajstić information content (AvgIpc) is 3.92. The SMILES string of the molecule is c1ccc(-c2cc(-c3ccccc3)cc(-n3c4ccccc4c4cc(-n5c6ccccc6c6ccc(-n7c8ccccc8c8ccccc87)cc65)ccc43)c2)cc1. The lowest BCUT2D eigenvalue weighted by atomic mass is 9.98. The molecule has 0 amide bonds. The molecule has 0 aliphatic carbocycles. The van der Waals surface area contributed by atoms with Crippen molar-refractivity contribution < 1.29 is 0 Å². The summed E-state index contributed by atoms with van der Waals surface area (Å²) in [5, 5.41) is 7.46. The van der Waals surface area contributed by atoms with Gasteiger partial charge in [-0.05, 0) is 95.1 Å². The number of fused-ring (bicyclic) bond motifs is 9. The summed E-state index contributed by atoms with van der Waals surface area (Å²) in [4.78, 5) is 0. The van der Waals surface area contributed by atoms with Gasteiger partial charge in [0.15, 0.2) is 0 Å². The molecule has 0 saturated heterocycles. The first-order chi connectivity index (χ1) is 28.3. The minimum absolute atomic E-state index is 1.14. The lowest BCUT2D eigenvalue weighted by Gasteiger charge is -2.14. The number of rotatable bonds is 5. The van der Waals surface area contributed by atoms with Crippen LogP contribution in [-0.2, 0) is 0 Å². The van der Waals surface area contributed by atoms with Crippen molar-refractivity contribution >= 4 is 65.4 Å². The van der Waals surface area contributed by atoms with E-state index >= 15 is 0 Å². The van der Waals surface area contributed by atoms with Crippen molar-refractivity contribution in [3.8, 4) is 39.3 Å². The molecule has 57 heavy (non-hydrogen) atoms. The monoisotopic (exact) mass is 725 g/mol. The van der Waals surface area contributed by atoms with E-state index in [4.69, 9.17) is 0 Å². The van der Waals surface area contributed by atoms with Gasteiger partial charge in [-0.25, -0.2) is 0 Å². The number of benzene rings is 9. The van der Waals surface area contributed by atoms with E-state index in [1.54, 1.807) is 0 Å². The lowest BCUT2D eigenvalue weighted by molar-refractivity contribution is 1.15. The van der Waals surface area contributed by atoms with E-state index in [9.17, 15) is 0 Å². The Balaban J connectivity index is 1.10. The number of aromatic nitrogens is 3. The maximum Gasteiger partial charge on any atom is 0.0561 e. The molecule has 0 atom stereocenters.